The molecule has 1 N–H and O–H groups in total. The maximum absolute atomic E-state index is 10.5. The molecule has 0 amide bonds. The second-order valence-electron chi connectivity index (χ2n) is 3.92. The van der Waals surface area contributed by atoms with Gasteiger partial charge in [-0.2, -0.15) is 0 Å². The first kappa shape index (κ1) is 10.2. The van der Waals surface area contributed by atoms with E-state index in [0.717, 1.165) is 30.6 Å². The van der Waals surface area contributed by atoms with Gasteiger partial charge >= 0.3 is 0 Å². The van der Waals surface area contributed by atoms with Gasteiger partial charge in [0.15, 0.2) is 0 Å². The van der Waals surface area contributed by atoms with Crippen molar-refractivity contribution in [2.45, 2.75) is 24.9 Å². The van der Waals surface area contributed by atoms with Crippen molar-refractivity contribution >= 4 is 0 Å². The predicted octanol–water partition coefficient (Wildman–Crippen LogP) is 2.62. The molecule has 1 aromatic carbocycles. The third-order valence-electron chi connectivity index (χ3n) is 2.90. The summed E-state index contributed by atoms with van der Waals surface area (Å²) in [5.41, 5.74) is 0.0219. The van der Waals surface area contributed by atoms with Crippen molar-refractivity contribution in [1.82, 2.24) is 0 Å². The SMILES string of the molecule is COc1ccccc1C1(O)C=CCCC1. The third-order valence-corrected chi connectivity index (χ3v) is 2.90. The molecule has 0 saturated carbocycles. The van der Waals surface area contributed by atoms with Crippen LogP contribution in [0, 0.1) is 0 Å². The Morgan fingerprint density at radius 3 is 2.80 bits per heavy atom. The van der Waals surface area contributed by atoms with Gasteiger partial charge in [0, 0.05) is 5.56 Å². The van der Waals surface area contributed by atoms with Gasteiger partial charge in [-0.1, -0.05) is 30.4 Å². The number of hydrogen-bond donors (Lipinski definition) is 1. The predicted molar refractivity (Wildman–Crippen MR) is 59.9 cm³/mol. The van der Waals surface area contributed by atoms with Gasteiger partial charge in [-0.15, -0.1) is 0 Å². The van der Waals surface area contributed by atoms with Crippen LogP contribution in [0.3, 0.4) is 0 Å². The lowest BCUT2D eigenvalue weighted by atomic mass is 9.84. The van der Waals surface area contributed by atoms with Gasteiger partial charge < -0.3 is 9.84 Å². The first-order valence-electron chi connectivity index (χ1n) is 5.30. The maximum atomic E-state index is 10.5. The van der Waals surface area contributed by atoms with E-state index in [4.69, 9.17) is 4.74 Å². The highest BCUT2D eigenvalue weighted by Crippen LogP contribution is 2.37. The fourth-order valence-corrected chi connectivity index (χ4v) is 2.08. The van der Waals surface area contributed by atoms with Crippen molar-refractivity contribution in [3.63, 3.8) is 0 Å². The van der Waals surface area contributed by atoms with E-state index in [-0.39, 0.29) is 0 Å². The number of rotatable bonds is 2. The summed E-state index contributed by atoms with van der Waals surface area (Å²) < 4.78 is 5.27. The zero-order chi connectivity index (χ0) is 10.7. The summed E-state index contributed by atoms with van der Waals surface area (Å²) in [4.78, 5) is 0. The molecule has 0 aliphatic heterocycles. The van der Waals surface area contributed by atoms with Gasteiger partial charge in [-0.05, 0) is 25.3 Å². The minimum Gasteiger partial charge on any atom is -0.496 e. The van der Waals surface area contributed by atoms with Crippen LogP contribution in [-0.4, -0.2) is 12.2 Å². The number of hydrogen-bond acceptors (Lipinski definition) is 2. The Balaban J connectivity index is 2.43. The van der Waals surface area contributed by atoms with Crippen molar-refractivity contribution < 1.29 is 9.84 Å². The zero-order valence-corrected chi connectivity index (χ0v) is 8.94. The summed E-state index contributed by atoms with van der Waals surface area (Å²) in [5.74, 6) is 0.756. The first-order valence-corrected chi connectivity index (χ1v) is 5.30. The van der Waals surface area contributed by atoms with Gasteiger partial charge in [0.1, 0.15) is 11.4 Å². The fraction of sp³-hybridized carbons (Fsp3) is 0.385. The molecule has 1 aliphatic carbocycles. The molecule has 2 rings (SSSR count). The van der Waals surface area contributed by atoms with Crippen molar-refractivity contribution in [3.05, 3.63) is 42.0 Å². The van der Waals surface area contributed by atoms with Crippen LogP contribution in [0.4, 0.5) is 0 Å². The lowest BCUT2D eigenvalue weighted by Crippen LogP contribution is -2.25. The largest absolute Gasteiger partial charge is 0.496 e. The molecule has 2 nitrogen and oxygen atoms in total. The number of allylic oxidation sites excluding steroid dienone is 1. The smallest absolute Gasteiger partial charge is 0.125 e. The molecule has 0 saturated heterocycles. The lowest BCUT2D eigenvalue weighted by Gasteiger charge is -2.29. The monoisotopic (exact) mass is 204 g/mol. The number of aliphatic hydroxyl groups is 1. The highest BCUT2D eigenvalue weighted by atomic mass is 16.5. The molecule has 0 fully saturated rings. The molecule has 0 spiro atoms. The Kier molecular flexibility index (Phi) is 2.78. The van der Waals surface area contributed by atoms with Gasteiger partial charge in [-0.25, -0.2) is 0 Å². The summed E-state index contributed by atoms with van der Waals surface area (Å²) in [6.07, 6.45) is 6.76. The molecule has 1 unspecified atom stereocenters. The van der Waals surface area contributed by atoms with Crippen molar-refractivity contribution in [2.24, 2.45) is 0 Å². The van der Waals surface area contributed by atoms with Crippen LogP contribution < -0.4 is 4.74 Å². The zero-order valence-electron chi connectivity index (χ0n) is 8.94. The normalized spacial score (nSPS) is 25.2. The molecule has 0 heterocycles. The van der Waals surface area contributed by atoms with Gasteiger partial charge in [0.05, 0.1) is 7.11 Å². The van der Waals surface area contributed by atoms with E-state index in [1.807, 2.05) is 36.4 Å². The van der Waals surface area contributed by atoms with Crippen LogP contribution in [0.5, 0.6) is 5.75 Å². The molecule has 80 valence electrons. The average Bonchev–Trinajstić information content (AvgIpc) is 2.30. The quantitative estimate of drug-likeness (QED) is 0.750. The molecule has 0 aromatic heterocycles. The van der Waals surface area contributed by atoms with Gasteiger partial charge in [0.25, 0.3) is 0 Å². The Morgan fingerprint density at radius 1 is 1.33 bits per heavy atom. The molecule has 1 aromatic rings. The number of ether oxygens (including phenoxy) is 1. The molecular formula is C13H16O2. The summed E-state index contributed by atoms with van der Waals surface area (Å²) in [6, 6.07) is 7.65. The molecule has 1 aliphatic rings. The number of benzene rings is 1. The van der Waals surface area contributed by atoms with Crippen LogP contribution in [0.25, 0.3) is 0 Å². The van der Waals surface area contributed by atoms with Crippen molar-refractivity contribution in [2.75, 3.05) is 7.11 Å². The maximum Gasteiger partial charge on any atom is 0.125 e. The van der Waals surface area contributed by atoms with Gasteiger partial charge in [-0.3, -0.25) is 0 Å². The second-order valence-corrected chi connectivity index (χ2v) is 3.92. The van der Waals surface area contributed by atoms with Crippen LogP contribution in [0.15, 0.2) is 36.4 Å². The summed E-state index contributed by atoms with van der Waals surface area (Å²) in [7, 11) is 1.63. The van der Waals surface area contributed by atoms with E-state index in [0.29, 0.717) is 0 Å². The number of methoxy groups -OCH3 is 1. The van der Waals surface area contributed by atoms with Crippen LogP contribution in [0.2, 0.25) is 0 Å². The minimum atomic E-state index is -0.842. The van der Waals surface area contributed by atoms with E-state index >= 15 is 0 Å². The summed E-state index contributed by atoms with van der Waals surface area (Å²) in [6.45, 7) is 0. The van der Waals surface area contributed by atoms with Crippen LogP contribution >= 0.6 is 0 Å². The van der Waals surface area contributed by atoms with E-state index in [1.165, 1.54) is 0 Å². The Bertz CT molecular complexity index is 371. The molecule has 0 radical (unpaired) electrons. The minimum absolute atomic E-state index is 0.756. The van der Waals surface area contributed by atoms with Gasteiger partial charge in [0.2, 0.25) is 0 Å². The first-order chi connectivity index (χ1) is 7.26. The Morgan fingerprint density at radius 2 is 2.13 bits per heavy atom. The molecule has 1 atom stereocenters. The lowest BCUT2D eigenvalue weighted by molar-refractivity contribution is 0.0698. The topological polar surface area (TPSA) is 29.5 Å². The molecule has 15 heavy (non-hydrogen) atoms. The summed E-state index contributed by atoms with van der Waals surface area (Å²) >= 11 is 0. The second kappa shape index (κ2) is 4.07. The van der Waals surface area contributed by atoms with Crippen LogP contribution in [0.1, 0.15) is 24.8 Å². The van der Waals surface area contributed by atoms with Crippen LogP contribution in [-0.2, 0) is 5.60 Å². The third kappa shape index (κ3) is 1.90. The highest BCUT2D eigenvalue weighted by Gasteiger charge is 2.30. The average molecular weight is 204 g/mol. The molecule has 0 bridgehead atoms. The van der Waals surface area contributed by atoms with Crippen molar-refractivity contribution in [1.29, 1.82) is 0 Å². The van der Waals surface area contributed by atoms with E-state index < -0.39 is 5.60 Å². The van der Waals surface area contributed by atoms with Crippen molar-refractivity contribution in [3.8, 4) is 5.75 Å². The molecule has 2 heteroatoms. The fourth-order valence-electron chi connectivity index (χ4n) is 2.08. The Hall–Kier alpha value is -1.28. The highest BCUT2D eigenvalue weighted by molar-refractivity contribution is 5.41. The van der Waals surface area contributed by atoms with E-state index in [9.17, 15) is 5.11 Å². The number of para-hydroxylation sites is 1. The van der Waals surface area contributed by atoms with E-state index in [1.54, 1.807) is 7.11 Å². The Labute approximate surface area is 90.2 Å². The standard InChI is InChI=1S/C13H16O2/c1-15-12-8-4-3-7-11(12)13(14)9-5-2-6-10-13/h3-5,7-9,14H,2,6,10H2,1H3. The van der Waals surface area contributed by atoms with E-state index in [2.05, 4.69) is 0 Å². The summed E-state index contributed by atoms with van der Waals surface area (Å²) in [5, 5.41) is 10.5. The molecular weight excluding hydrogens is 188 g/mol.